The van der Waals surface area contributed by atoms with Crippen molar-refractivity contribution in [2.24, 2.45) is 0 Å². The normalized spacial score (nSPS) is 16.3. The summed E-state index contributed by atoms with van der Waals surface area (Å²) in [6.45, 7) is 5.63. The third kappa shape index (κ3) is 3.55. The van der Waals surface area contributed by atoms with Crippen LogP contribution in [0, 0.1) is 6.92 Å². The zero-order chi connectivity index (χ0) is 20.5. The van der Waals surface area contributed by atoms with Gasteiger partial charge in [0.05, 0.1) is 17.1 Å². The predicted molar refractivity (Wildman–Crippen MR) is 112 cm³/mol. The molecule has 1 aromatic heterocycles. The first kappa shape index (κ1) is 19.0. The molecular weight excluding hydrogens is 368 g/mol. The number of phenolic OH excluding ortho intramolecular Hbond substituents is 1. The Labute approximate surface area is 169 Å². The first-order valence-electron chi connectivity index (χ1n) is 9.79. The molecule has 4 rings (SSSR count). The maximum atomic E-state index is 11.5. The number of nitrogens with zero attached hydrogens (tertiary/aromatic N) is 4. The second-order valence-corrected chi connectivity index (χ2v) is 7.37. The van der Waals surface area contributed by atoms with E-state index in [0.717, 1.165) is 28.7 Å². The number of carboxylic acid groups (broad SMARTS) is 1. The number of anilines is 1. The summed E-state index contributed by atoms with van der Waals surface area (Å²) < 4.78 is 0. The molecular formula is C22H24N4O3. The Morgan fingerprint density at radius 1 is 1.24 bits per heavy atom. The minimum Gasteiger partial charge on any atom is -0.507 e. The van der Waals surface area contributed by atoms with E-state index in [-0.39, 0.29) is 11.8 Å². The molecule has 0 spiro atoms. The summed E-state index contributed by atoms with van der Waals surface area (Å²) in [5.74, 6) is 1.37. The van der Waals surface area contributed by atoms with Gasteiger partial charge in [-0.3, -0.25) is 0 Å². The highest BCUT2D eigenvalue weighted by Gasteiger charge is 2.31. The fourth-order valence-corrected chi connectivity index (χ4v) is 3.99. The molecule has 0 aliphatic carbocycles. The summed E-state index contributed by atoms with van der Waals surface area (Å²) in [5, 5.41) is 20.7. The van der Waals surface area contributed by atoms with Crippen LogP contribution in [0.3, 0.4) is 0 Å². The Morgan fingerprint density at radius 3 is 2.76 bits per heavy atom. The molecule has 1 saturated heterocycles. The van der Waals surface area contributed by atoms with Crippen LogP contribution >= 0.6 is 0 Å². The number of aryl methyl sites for hydroxylation is 1. The monoisotopic (exact) mass is 392 g/mol. The Kier molecular flexibility index (Phi) is 4.96. The van der Waals surface area contributed by atoms with Crippen molar-refractivity contribution in [2.75, 3.05) is 24.5 Å². The van der Waals surface area contributed by atoms with Crippen LogP contribution in [0.4, 0.5) is 10.6 Å². The van der Waals surface area contributed by atoms with Gasteiger partial charge < -0.3 is 20.0 Å². The summed E-state index contributed by atoms with van der Waals surface area (Å²) in [6.07, 6.45) is -0.138. The lowest BCUT2D eigenvalue weighted by Gasteiger charge is -2.25. The SMILES string of the molecule is CCN(C(=O)O)C1CCN(c2nc(-c3ccccc3O)nc3cc(C)ccc23)C1. The van der Waals surface area contributed by atoms with Gasteiger partial charge in [-0.1, -0.05) is 18.2 Å². The number of rotatable bonds is 4. The van der Waals surface area contributed by atoms with Gasteiger partial charge in [0, 0.05) is 25.0 Å². The molecule has 150 valence electrons. The number of amides is 1. The van der Waals surface area contributed by atoms with Crippen LogP contribution in [0.15, 0.2) is 42.5 Å². The number of benzene rings is 2. The van der Waals surface area contributed by atoms with Gasteiger partial charge >= 0.3 is 6.09 Å². The molecule has 1 atom stereocenters. The van der Waals surface area contributed by atoms with E-state index in [1.54, 1.807) is 18.2 Å². The third-order valence-electron chi connectivity index (χ3n) is 5.47. The fourth-order valence-electron chi connectivity index (χ4n) is 3.99. The van der Waals surface area contributed by atoms with Gasteiger partial charge in [0.25, 0.3) is 0 Å². The van der Waals surface area contributed by atoms with E-state index < -0.39 is 6.09 Å². The zero-order valence-corrected chi connectivity index (χ0v) is 16.5. The maximum absolute atomic E-state index is 11.5. The third-order valence-corrected chi connectivity index (χ3v) is 5.47. The van der Waals surface area contributed by atoms with Gasteiger partial charge in [0.15, 0.2) is 5.82 Å². The number of para-hydroxylation sites is 1. The molecule has 0 saturated carbocycles. The number of aromatic hydroxyl groups is 1. The van der Waals surface area contributed by atoms with Crippen LogP contribution in [0.2, 0.25) is 0 Å². The molecule has 0 radical (unpaired) electrons. The number of carbonyl (C=O) groups is 1. The Hall–Kier alpha value is -3.35. The van der Waals surface area contributed by atoms with Crippen molar-refractivity contribution in [1.82, 2.24) is 14.9 Å². The van der Waals surface area contributed by atoms with E-state index in [1.807, 2.05) is 38.1 Å². The lowest BCUT2D eigenvalue weighted by molar-refractivity contribution is 0.131. The molecule has 2 heterocycles. The molecule has 0 bridgehead atoms. The molecule has 7 nitrogen and oxygen atoms in total. The minimum absolute atomic E-state index is 0.0680. The van der Waals surface area contributed by atoms with Gasteiger partial charge in [-0.25, -0.2) is 14.8 Å². The van der Waals surface area contributed by atoms with Crippen LogP contribution in [0.1, 0.15) is 18.9 Å². The quantitative estimate of drug-likeness (QED) is 0.700. The van der Waals surface area contributed by atoms with Crippen LogP contribution in [-0.4, -0.2) is 56.9 Å². The number of fused-ring (bicyclic) bond motifs is 1. The first-order chi connectivity index (χ1) is 14.0. The minimum atomic E-state index is -0.891. The first-order valence-corrected chi connectivity index (χ1v) is 9.79. The van der Waals surface area contributed by atoms with Gasteiger partial charge in [0.2, 0.25) is 0 Å². The Balaban J connectivity index is 1.79. The maximum Gasteiger partial charge on any atom is 0.407 e. The molecule has 2 aromatic carbocycles. The molecule has 1 fully saturated rings. The van der Waals surface area contributed by atoms with E-state index in [4.69, 9.17) is 9.97 Å². The van der Waals surface area contributed by atoms with E-state index in [0.29, 0.717) is 31.0 Å². The summed E-state index contributed by atoms with van der Waals surface area (Å²) in [5.41, 5.74) is 2.48. The molecule has 1 unspecified atom stereocenters. The highest BCUT2D eigenvalue weighted by Crippen LogP contribution is 2.33. The Bertz CT molecular complexity index is 1070. The van der Waals surface area contributed by atoms with Crippen molar-refractivity contribution in [3.8, 4) is 17.1 Å². The van der Waals surface area contributed by atoms with Crippen LogP contribution in [0.5, 0.6) is 5.75 Å². The molecule has 3 aromatic rings. The molecule has 2 N–H and O–H groups in total. The summed E-state index contributed by atoms with van der Waals surface area (Å²) >= 11 is 0. The summed E-state index contributed by atoms with van der Waals surface area (Å²) in [7, 11) is 0. The van der Waals surface area contributed by atoms with Gasteiger partial charge in [-0.05, 0) is 50.1 Å². The summed E-state index contributed by atoms with van der Waals surface area (Å²) in [4.78, 5) is 24.6. The molecule has 1 aliphatic rings. The van der Waals surface area contributed by atoms with Crippen molar-refractivity contribution >= 4 is 22.8 Å². The molecule has 29 heavy (non-hydrogen) atoms. The second kappa shape index (κ2) is 7.58. The van der Waals surface area contributed by atoms with Crippen molar-refractivity contribution in [2.45, 2.75) is 26.3 Å². The highest BCUT2D eigenvalue weighted by atomic mass is 16.4. The number of hydrogen-bond acceptors (Lipinski definition) is 5. The van der Waals surface area contributed by atoms with Gasteiger partial charge in [-0.15, -0.1) is 0 Å². The van der Waals surface area contributed by atoms with E-state index >= 15 is 0 Å². The second-order valence-electron chi connectivity index (χ2n) is 7.37. The van der Waals surface area contributed by atoms with Crippen molar-refractivity contribution in [1.29, 1.82) is 0 Å². The lowest BCUT2D eigenvalue weighted by Crippen LogP contribution is -2.41. The number of hydrogen-bond donors (Lipinski definition) is 2. The van der Waals surface area contributed by atoms with Crippen molar-refractivity contribution < 1.29 is 15.0 Å². The van der Waals surface area contributed by atoms with Crippen molar-refractivity contribution in [3.05, 3.63) is 48.0 Å². The van der Waals surface area contributed by atoms with Crippen molar-refractivity contribution in [3.63, 3.8) is 0 Å². The highest BCUT2D eigenvalue weighted by molar-refractivity contribution is 5.92. The zero-order valence-electron chi connectivity index (χ0n) is 16.5. The summed E-state index contributed by atoms with van der Waals surface area (Å²) in [6, 6.07) is 13.0. The van der Waals surface area contributed by atoms with Crippen LogP contribution in [0.25, 0.3) is 22.3 Å². The van der Waals surface area contributed by atoms with Gasteiger partial charge in [0.1, 0.15) is 11.6 Å². The number of likely N-dealkylation sites (N-methyl/N-ethyl adjacent to an activating group) is 1. The van der Waals surface area contributed by atoms with E-state index in [9.17, 15) is 15.0 Å². The van der Waals surface area contributed by atoms with E-state index in [2.05, 4.69) is 4.90 Å². The lowest BCUT2D eigenvalue weighted by atomic mass is 10.1. The molecule has 1 amide bonds. The number of phenols is 1. The fraction of sp³-hybridized carbons (Fsp3) is 0.318. The van der Waals surface area contributed by atoms with E-state index in [1.165, 1.54) is 4.90 Å². The predicted octanol–water partition coefficient (Wildman–Crippen LogP) is 3.89. The topological polar surface area (TPSA) is 89.8 Å². The van der Waals surface area contributed by atoms with Gasteiger partial charge in [-0.2, -0.15) is 0 Å². The standard InChI is InChI=1S/C22H24N4O3/c1-3-26(22(28)29)15-10-11-25(13-15)21-16-9-8-14(2)12-18(16)23-20(24-21)17-6-4-5-7-19(17)27/h4-9,12,15,27H,3,10-11,13H2,1-2H3,(H,28,29). The van der Waals surface area contributed by atoms with Crippen LogP contribution in [-0.2, 0) is 0 Å². The molecule has 1 aliphatic heterocycles. The average Bonchev–Trinajstić information content (AvgIpc) is 3.17. The molecule has 7 heteroatoms. The average molecular weight is 392 g/mol. The largest absolute Gasteiger partial charge is 0.507 e. The van der Waals surface area contributed by atoms with Crippen LogP contribution < -0.4 is 4.90 Å². The Morgan fingerprint density at radius 2 is 2.03 bits per heavy atom. The smallest absolute Gasteiger partial charge is 0.407 e. The number of aromatic nitrogens is 2.